The quantitative estimate of drug-likeness (QED) is 0.250. The number of hydrogen-bond donors (Lipinski definition) is 4. The van der Waals surface area contributed by atoms with Crippen LogP contribution >= 0.6 is 0 Å². The Morgan fingerprint density at radius 2 is 1.41 bits per heavy atom. The Hall–Kier alpha value is -2.98. The van der Waals surface area contributed by atoms with Gasteiger partial charge in [0.2, 0.25) is 29.5 Å². The SMILES string of the molecule is CC(=O)N[C@@H](C)C(=O)N[C@H](C(=O)N[C@@H](CC(C)C)C(=O)N[C@H](C=O)CCC(=O)N(C)C)C(C)C. The summed E-state index contributed by atoms with van der Waals surface area (Å²) in [6.07, 6.45) is 1.10. The first kappa shape index (κ1) is 31.0. The molecule has 4 N–H and O–H groups in total. The summed E-state index contributed by atoms with van der Waals surface area (Å²) < 4.78 is 0. The van der Waals surface area contributed by atoms with E-state index in [9.17, 15) is 28.8 Å². The van der Waals surface area contributed by atoms with Gasteiger partial charge in [0.15, 0.2) is 0 Å². The normalized spacial score (nSPS) is 14.4. The molecule has 0 saturated carbocycles. The van der Waals surface area contributed by atoms with Crippen LogP contribution in [0.25, 0.3) is 0 Å². The van der Waals surface area contributed by atoms with E-state index in [4.69, 9.17) is 0 Å². The molecule has 11 nitrogen and oxygen atoms in total. The fraction of sp³-hybridized carbons (Fsp3) is 0.739. The summed E-state index contributed by atoms with van der Waals surface area (Å²) in [6.45, 7) is 10.0. The molecule has 5 amide bonds. The summed E-state index contributed by atoms with van der Waals surface area (Å²) in [5.41, 5.74) is 0. The van der Waals surface area contributed by atoms with E-state index in [0.29, 0.717) is 12.7 Å². The van der Waals surface area contributed by atoms with Gasteiger partial charge in [0.05, 0.1) is 6.04 Å². The first-order valence-corrected chi connectivity index (χ1v) is 11.5. The molecule has 0 heterocycles. The van der Waals surface area contributed by atoms with Gasteiger partial charge in [0.25, 0.3) is 0 Å². The van der Waals surface area contributed by atoms with E-state index in [0.717, 1.165) is 0 Å². The molecule has 0 rings (SSSR count). The van der Waals surface area contributed by atoms with E-state index in [1.807, 2.05) is 13.8 Å². The maximum absolute atomic E-state index is 13.0. The summed E-state index contributed by atoms with van der Waals surface area (Å²) in [6, 6.07) is -3.59. The lowest BCUT2D eigenvalue weighted by atomic mass is 9.99. The maximum atomic E-state index is 13.0. The lowest BCUT2D eigenvalue weighted by Crippen LogP contribution is -2.58. The molecule has 0 bridgehead atoms. The van der Waals surface area contributed by atoms with Crippen LogP contribution < -0.4 is 21.3 Å². The van der Waals surface area contributed by atoms with Crippen LogP contribution in [0.4, 0.5) is 0 Å². The second kappa shape index (κ2) is 15.0. The number of hydrogen-bond acceptors (Lipinski definition) is 6. The number of amides is 5. The van der Waals surface area contributed by atoms with E-state index in [2.05, 4.69) is 21.3 Å². The third-order valence-electron chi connectivity index (χ3n) is 5.06. The molecule has 0 aliphatic rings. The minimum absolute atomic E-state index is 0.0490. The largest absolute Gasteiger partial charge is 0.349 e. The van der Waals surface area contributed by atoms with Gasteiger partial charge >= 0.3 is 0 Å². The van der Waals surface area contributed by atoms with Gasteiger partial charge in [-0.05, 0) is 31.6 Å². The van der Waals surface area contributed by atoms with Gasteiger partial charge in [0.1, 0.15) is 24.4 Å². The van der Waals surface area contributed by atoms with Gasteiger partial charge in [-0.1, -0.05) is 27.7 Å². The molecule has 34 heavy (non-hydrogen) atoms. The van der Waals surface area contributed by atoms with Crippen LogP contribution in [0.3, 0.4) is 0 Å². The maximum Gasteiger partial charge on any atom is 0.243 e. The standard InChI is InChI=1S/C23H41N5O6/c1-13(2)11-18(22(33)25-17(12-29)9-10-19(31)28(7)8)26-23(34)20(14(3)4)27-21(32)15(5)24-16(6)30/h12-15,17-18,20H,9-11H2,1-8H3,(H,24,30)(H,25,33)(H,26,34)(H,27,32)/t15-,17-,18-,20-/m0/s1. The lowest BCUT2D eigenvalue weighted by Gasteiger charge is -2.27. The van der Waals surface area contributed by atoms with E-state index in [1.165, 1.54) is 18.7 Å². The monoisotopic (exact) mass is 483 g/mol. The van der Waals surface area contributed by atoms with Crippen LogP contribution in [0.2, 0.25) is 0 Å². The fourth-order valence-corrected chi connectivity index (χ4v) is 3.11. The Balaban J connectivity index is 5.35. The average molecular weight is 484 g/mol. The van der Waals surface area contributed by atoms with Crippen molar-refractivity contribution in [3.63, 3.8) is 0 Å². The fourth-order valence-electron chi connectivity index (χ4n) is 3.11. The Labute approximate surface area is 202 Å². The molecule has 0 aliphatic carbocycles. The predicted octanol–water partition coefficient (Wildman–Crippen LogP) is -0.265. The van der Waals surface area contributed by atoms with Crippen molar-refractivity contribution in [1.82, 2.24) is 26.2 Å². The minimum atomic E-state index is -0.939. The zero-order valence-corrected chi connectivity index (χ0v) is 21.6. The molecule has 4 atom stereocenters. The molecular formula is C23H41N5O6. The number of nitrogens with zero attached hydrogens (tertiary/aromatic N) is 1. The van der Waals surface area contributed by atoms with Crippen molar-refractivity contribution < 1.29 is 28.8 Å². The van der Waals surface area contributed by atoms with Gasteiger partial charge in [-0.3, -0.25) is 24.0 Å². The Morgan fingerprint density at radius 3 is 1.85 bits per heavy atom. The van der Waals surface area contributed by atoms with Crippen molar-refractivity contribution in [2.75, 3.05) is 14.1 Å². The minimum Gasteiger partial charge on any atom is -0.349 e. The van der Waals surface area contributed by atoms with Crippen molar-refractivity contribution in [2.45, 2.75) is 85.0 Å². The molecule has 0 aromatic carbocycles. The third kappa shape index (κ3) is 11.8. The van der Waals surface area contributed by atoms with Gasteiger partial charge in [-0.15, -0.1) is 0 Å². The molecule has 0 fully saturated rings. The van der Waals surface area contributed by atoms with Crippen LogP contribution in [0.1, 0.15) is 60.8 Å². The zero-order chi connectivity index (χ0) is 26.6. The van der Waals surface area contributed by atoms with E-state index >= 15 is 0 Å². The molecule has 0 aromatic rings. The van der Waals surface area contributed by atoms with Crippen molar-refractivity contribution in [1.29, 1.82) is 0 Å². The van der Waals surface area contributed by atoms with E-state index < -0.39 is 41.9 Å². The van der Waals surface area contributed by atoms with Crippen LogP contribution in [0.5, 0.6) is 0 Å². The van der Waals surface area contributed by atoms with E-state index in [-0.39, 0.29) is 36.5 Å². The molecule has 194 valence electrons. The average Bonchev–Trinajstić information content (AvgIpc) is 2.72. The summed E-state index contributed by atoms with van der Waals surface area (Å²) in [5.74, 6) is -2.41. The van der Waals surface area contributed by atoms with Gasteiger partial charge < -0.3 is 31.0 Å². The van der Waals surface area contributed by atoms with Crippen molar-refractivity contribution in [3.8, 4) is 0 Å². The number of rotatable bonds is 14. The first-order valence-electron chi connectivity index (χ1n) is 11.5. The highest BCUT2D eigenvalue weighted by molar-refractivity contribution is 5.94. The summed E-state index contributed by atoms with van der Waals surface area (Å²) in [7, 11) is 3.21. The highest BCUT2D eigenvalue weighted by atomic mass is 16.2. The highest BCUT2D eigenvalue weighted by Crippen LogP contribution is 2.09. The molecule has 11 heteroatoms. The summed E-state index contributed by atoms with van der Waals surface area (Å²) in [4.78, 5) is 74.1. The van der Waals surface area contributed by atoms with Gasteiger partial charge in [0, 0.05) is 27.4 Å². The number of carbonyl (C=O) groups is 6. The Bertz CT molecular complexity index is 737. The highest BCUT2D eigenvalue weighted by Gasteiger charge is 2.31. The van der Waals surface area contributed by atoms with Gasteiger partial charge in [-0.2, -0.15) is 0 Å². The molecular weight excluding hydrogens is 442 g/mol. The van der Waals surface area contributed by atoms with Crippen molar-refractivity contribution in [2.24, 2.45) is 11.8 Å². The smallest absolute Gasteiger partial charge is 0.243 e. The van der Waals surface area contributed by atoms with Crippen molar-refractivity contribution in [3.05, 3.63) is 0 Å². The number of nitrogens with one attached hydrogen (secondary N) is 4. The first-order chi connectivity index (χ1) is 15.7. The van der Waals surface area contributed by atoms with Gasteiger partial charge in [-0.25, -0.2) is 0 Å². The van der Waals surface area contributed by atoms with Crippen LogP contribution in [0, 0.1) is 11.8 Å². The topological polar surface area (TPSA) is 154 Å². The second-order valence-electron chi connectivity index (χ2n) is 9.42. The Kier molecular flexibility index (Phi) is 13.7. The summed E-state index contributed by atoms with van der Waals surface area (Å²) in [5, 5.41) is 10.4. The summed E-state index contributed by atoms with van der Waals surface area (Å²) >= 11 is 0. The van der Waals surface area contributed by atoms with Crippen LogP contribution in [0.15, 0.2) is 0 Å². The molecule has 0 aromatic heterocycles. The zero-order valence-electron chi connectivity index (χ0n) is 21.6. The predicted molar refractivity (Wildman–Crippen MR) is 127 cm³/mol. The van der Waals surface area contributed by atoms with Crippen LogP contribution in [-0.4, -0.2) is 79.0 Å². The van der Waals surface area contributed by atoms with Crippen LogP contribution in [-0.2, 0) is 28.8 Å². The second-order valence-corrected chi connectivity index (χ2v) is 9.42. The third-order valence-corrected chi connectivity index (χ3v) is 5.06. The molecule has 0 saturated heterocycles. The lowest BCUT2D eigenvalue weighted by molar-refractivity contribution is -0.134. The number of carbonyl (C=O) groups excluding carboxylic acids is 6. The Morgan fingerprint density at radius 1 is 0.824 bits per heavy atom. The molecule has 0 spiro atoms. The number of aldehydes is 1. The molecule has 0 radical (unpaired) electrons. The molecule has 0 unspecified atom stereocenters. The van der Waals surface area contributed by atoms with E-state index in [1.54, 1.807) is 27.9 Å². The van der Waals surface area contributed by atoms with Crippen molar-refractivity contribution >= 4 is 35.8 Å². The molecule has 0 aliphatic heterocycles.